The summed E-state index contributed by atoms with van der Waals surface area (Å²) in [6.45, 7) is 5.50. The number of hydrogen-bond acceptors (Lipinski definition) is 4. The second-order valence-electron chi connectivity index (χ2n) is 6.61. The Morgan fingerprint density at radius 3 is 2.29 bits per heavy atom. The van der Waals surface area contributed by atoms with Crippen LogP contribution in [0.15, 0.2) is 70.6 Å². The van der Waals surface area contributed by atoms with Crippen LogP contribution in [0.2, 0.25) is 0 Å². The fraction of sp³-hybridized carbons (Fsp3) is 0.227. The van der Waals surface area contributed by atoms with Crippen LogP contribution in [0.25, 0.3) is 11.3 Å². The molecule has 2 aromatic carbocycles. The van der Waals surface area contributed by atoms with Gasteiger partial charge in [0.15, 0.2) is 5.16 Å². The Labute approximate surface area is 168 Å². The van der Waals surface area contributed by atoms with E-state index in [4.69, 9.17) is 0 Å². The summed E-state index contributed by atoms with van der Waals surface area (Å²) in [5.74, 6) is -0.106. The summed E-state index contributed by atoms with van der Waals surface area (Å²) < 4.78 is 0. The van der Waals surface area contributed by atoms with Gasteiger partial charge in [0.25, 0.3) is 5.56 Å². The van der Waals surface area contributed by atoms with Crippen molar-refractivity contribution in [2.24, 2.45) is 0 Å². The summed E-state index contributed by atoms with van der Waals surface area (Å²) in [5.41, 5.74) is 2.92. The fourth-order valence-electron chi connectivity index (χ4n) is 2.82. The maximum atomic E-state index is 12.6. The molecule has 3 rings (SSSR count). The molecule has 2 atom stereocenters. The molecule has 1 amide bonds. The summed E-state index contributed by atoms with van der Waals surface area (Å²) in [5, 5.41) is 3.04. The van der Waals surface area contributed by atoms with Gasteiger partial charge in [0, 0.05) is 11.1 Å². The minimum Gasteiger partial charge on any atom is -0.349 e. The van der Waals surface area contributed by atoms with E-state index >= 15 is 0 Å². The van der Waals surface area contributed by atoms with E-state index in [0.29, 0.717) is 16.4 Å². The van der Waals surface area contributed by atoms with E-state index in [1.54, 1.807) is 13.8 Å². The molecule has 28 heavy (non-hydrogen) atoms. The number of aromatic amines is 1. The van der Waals surface area contributed by atoms with Gasteiger partial charge in [-0.05, 0) is 26.3 Å². The lowest BCUT2D eigenvalue weighted by Crippen LogP contribution is -2.33. The van der Waals surface area contributed by atoms with E-state index < -0.39 is 5.25 Å². The Bertz CT molecular complexity index is 1000. The predicted molar refractivity (Wildman–Crippen MR) is 113 cm³/mol. The maximum absolute atomic E-state index is 12.6. The maximum Gasteiger partial charge on any atom is 0.255 e. The first-order valence-electron chi connectivity index (χ1n) is 9.14. The van der Waals surface area contributed by atoms with Crippen LogP contribution >= 0.6 is 11.8 Å². The molecule has 0 spiro atoms. The molecule has 1 heterocycles. The third kappa shape index (κ3) is 4.70. The number of rotatable bonds is 6. The first kappa shape index (κ1) is 19.9. The second-order valence-corrected chi connectivity index (χ2v) is 7.94. The lowest BCUT2D eigenvalue weighted by atomic mass is 10.1. The highest BCUT2D eigenvalue weighted by Crippen LogP contribution is 2.24. The molecule has 0 saturated carbocycles. The Kier molecular flexibility index (Phi) is 6.31. The molecule has 1 aromatic heterocycles. The number of aromatic nitrogens is 2. The van der Waals surface area contributed by atoms with Crippen LogP contribution < -0.4 is 10.9 Å². The average Bonchev–Trinajstić information content (AvgIpc) is 2.71. The Morgan fingerprint density at radius 2 is 1.64 bits per heavy atom. The van der Waals surface area contributed by atoms with E-state index in [0.717, 1.165) is 11.1 Å². The lowest BCUT2D eigenvalue weighted by Gasteiger charge is -2.17. The molecular weight excluding hydrogens is 370 g/mol. The van der Waals surface area contributed by atoms with Gasteiger partial charge in [-0.25, -0.2) is 4.98 Å². The quantitative estimate of drug-likeness (QED) is 0.488. The van der Waals surface area contributed by atoms with Crippen molar-refractivity contribution in [2.75, 3.05) is 0 Å². The number of benzene rings is 2. The van der Waals surface area contributed by atoms with Crippen molar-refractivity contribution in [3.8, 4) is 11.3 Å². The smallest absolute Gasteiger partial charge is 0.255 e. The minimum absolute atomic E-state index is 0.0957. The molecule has 0 aliphatic heterocycles. The number of H-pyrrole nitrogens is 1. The predicted octanol–water partition coefficient (Wildman–Crippen LogP) is 4.10. The zero-order chi connectivity index (χ0) is 20.1. The van der Waals surface area contributed by atoms with E-state index in [2.05, 4.69) is 15.3 Å². The van der Waals surface area contributed by atoms with Gasteiger partial charge in [0.1, 0.15) is 0 Å². The highest BCUT2D eigenvalue weighted by molar-refractivity contribution is 8.00. The number of nitrogens with one attached hydrogen (secondary N) is 2. The molecule has 0 bridgehead atoms. The molecular formula is C22H23N3O2S. The number of amides is 1. The van der Waals surface area contributed by atoms with Gasteiger partial charge in [-0.2, -0.15) is 0 Å². The molecule has 6 heteroatoms. The molecule has 0 radical (unpaired) electrons. The van der Waals surface area contributed by atoms with Crippen molar-refractivity contribution in [1.82, 2.24) is 15.3 Å². The number of hydrogen-bond donors (Lipinski definition) is 2. The SMILES string of the molecule is Cc1c(-c2ccccc2)nc(S[C@@H](C)C(=O)N[C@@H](C)c2ccccc2)[nH]c1=O. The van der Waals surface area contributed by atoms with Gasteiger partial charge in [0.2, 0.25) is 5.91 Å². The van der Waals surface area contributed by atoms with Crippen LogP contribution in [-0.4, -0.2) is 21.1 Å². The molecule has 0 aliphatic rings. The molecule has 0 unspecified atom stereocenters. The van der Waals surface area contributed by atoms with Crippen molar-refractivity contribution in [2.45, 2.75) is 37.2 Å². The van der Waals surface area contributed by atoms with Crippen LogP contribution in [0.5, 0.6) is 0 Å². The number of nitrogens with zero attached hydrogens (tertiary/aromatic N) is 1. The summed E-state index contributed by atoms with van der Waals surface area (Å²) in [4.78, 5) is 32.3. The van der Waals surface area contributed by atoms with Crippen molar-refractivity contribution in [3.63, 3.8) is 0 Å². The number of carbonyl (C=O) groups is 1. The zero-order valence-electron chi connectivity index (χ0n) is 16.1. The Morgan fingerprint density at radius 1 is 1.04 bits per heavy atom. The van der Waals surface area contributed by atoms with Crippen molar-refractivity contribution < 1.29 is 4.79 Å². The molecule has 0 saturated heterocycles. The normalized spacial score (nSPS) is 13.0. The topological polar surface area (TPSA) is 74.8 Å². The van der Waals surface area contributed by atoms with Crippen LogP contribution in [0.1, 0.15) is 31.0 Å². The summed E-state index contributed by atoms with van der Waals surface area (Å²) in [6, 6.07) is 19.3. The van der Waals surface area contributed by atoms with Gasteiger partial charge in [-0.1, -0.05) is 72.4 Å². The van der Waals surface area contributed by atoms with Crippen molar-refractivity contribution in [3.05, 3.63) is 82.1 Å². The highest BCUT2D eigenvalue weighted by atomic mass is 32.2. The number of carbonyl (C=O) groups excluding carboxylic acids is 1. The second kappa shape index (κ2) is 8.89. The fourth-order valence-corrected chi connectivity index (χ4v) is 3.63. The summed E-state index contributed by atoms with van der Waals surface area (Å²) in [7, 11) is 0. The van der Waals surface area contributed by atoms with Gasteiger partial charge in [-0.3, -0.25) is 9.59 Å². The van der Waals surface area contributed by atoms with Gasteiger partial charge >= 0.3 is 0 Å². The lowest BCUT2D eigenvalue weighted by molar-refractivity contribution is -0.120. The van der Waals surface area contributed by atoms with Gasteiger partial charge in [0.05, 0.1) is 17.0 Å². The van der Waals surface area contributed by atoms with E-state index in [9.17, 15) is 9.59 Å². The average molecular weight is 394 g/mol. The van der Waals surface area contributed by atoms with Crippen molar-refractivity contribution >= 4 is 17.7 Å². The first-order chi connectivity index (χ1) is 13.5. The van der Waals surface area contributed by atoms with Crippen LogP contribution in [0.3, 0.4) is 0 Å². The third-order valence-corrected chi connectivity index (χ3v) is 5.48. The Hall–Kier alpha value is -2.86. The highest BCUT2D eigenvalue weighted by Gasteiger charge is 2.19. The molecule has 3 aromatic rings. The number of thioether (sulfide) groups is 1. The molecule has 0 fully saturated rings. The molecule has 0 aliphatic carbocycles. The van der Waals surface area contributed by atoms with Gasteiger partial charge in [-0.15, -0.1) is 0 Å². The third-order valence-electron chi connectivity index (χ3n) is 4.49. The zero-order valence-corrected chi connectivity index (χ0v) is 16.9. The van der Waals surface area contributed by atoms with E-state index in [1.165, 1.54) is 11.8 Å². The van der Waals surface area contributed by atoms with Crippen LogP contribution in [0.4, 0.5) is 0 Å². The molecule has 2 N–H and O–H groups in total. The van der Waals surface area contributed by atoms with Crippen molar-refractivity contribution in [1.29, 1.82) is 0 Å². The Balaban J connectivity index is 1.75. The standard InChI is InChI=1S/C22H23N3O2S/c1-14-19(18-12-8-5-9-13-18)24-22(25-20(14)26)28-16(3)21(27)23-15(2)17-10-6-4-7-11-17/h4-13,15-16H,1-3H3,(H,23,27)(H,24,25,26)/t15-,16-/m0/s1. The monoisotopic (exact) mass is 393 g/mol. The molecule has 5 nitrogen and oxygen atoms in total. The van der Waals surface area contributed by atoms with E-state index in [1.807, 2.05) is 67.6 Å². The summed E-state index contributed by atoms with van der Waals surface area (Å²) in [6.07, 6.45) is 0. The first-order valence-corrected chi connectivity index (χ1v) is 10.0. The van der Waals surface area contributed by atoms with Gasteiger partial charge < -0.3 is 10.3 Å². The van der Waals surface area contributed by atoms with Crippen LogP contribution in [-0.2, 0) is 4.79 Å². The van der Waals surface area contributed by atoms with Crippen LogP contribution in [0, 0.1) is 6.92 Å². The summed E-state index contributed by atoms with van der Waals surface area (Å²) >= 11 is 1.24. The van der Waals surface area contributed by atoms with E-state index in [-0.39, 0.29) is 17.5 Å². The largest absolute Gasteiger partial charge is 0.349 e. The molecule has 144 valence electrons. The minimum atomic E-state index is -0.402.